The number of carbonyl (C=O) groups excluding carboxylic acids is 1. The Morgan fingerprint density at radius 2 is 1.73 bits per heavy atom. The number of methoxy groups -OCH3 is 2. The van der Waals surface area contributed by atoms with E-state index in [9.17, 15) is 4.79 Å². The van der Waals surface area contributed by atoms with Gasteiger partial charge in [-0.1, -0.05) is 13.8 Å². The van der Waals surface area contributed by atoms with E-state index in [4.69, 9.17) is 9.47 Å². The number of carbonyl (C=O) groups is 1. The third kappa shape index (κ3) is 6.13. The topological polar surface area (TPSA) is 75.2 Å². The molecule has 0 aliphatic carbocycles. The average molecular weight is 364 g/mol. The van der Waals surface area contributed by atoms with Crippen LogP contribution in [0.5, 0.6) is 11.5 Å². The number of rotatable bonds is 8. The standard InChI is InChI=1S/C19H32N4O3/c1-13(2)18(24)21-8-9-22-19(20-4)23(5)12-15-11-17(26-7)16(25-6)10-14(15)3/h10-11,13H,8-9,12H2,1-7H3,(H,20,22)(H,21,24). The van der Waals surface area contributed by atoms with Gasteiger partial charge in [-0.25, -0.2) is 0 Å². The third-order valence-corrected chi connectivity index (χ3v) is 4.05. The number of nitrogens with one attached hydrogen (secondary N) is 2. The molecule has 0 bridgehead atoms. The van der Waals surface area contributed by atoms with Gasteiger partial charge in [0.2, 0.25) is 5.91 Å². The fourth-order valence-corrected chi connectivity index (χ4v) is 2.47. The van der Waals surface area contributed by atoms with Gasteiger partial charge < -0.3 is 25.0 Å². The molecule has 7 heteroatoms. The van der Waals surface area contributed by atoms with E-state index in [1.54, 1.807) is 21.3 Å². The Hall–Kier alpha value is -2.44. The molecule has 7 nitrogen and oxygen atoms in total. The number of hydrogen-bond acceptors (Lipinski definition) is 4. The minimum atomic E-state index is -0.00925. The molecule has 0 aliphatic heterocycles. The fourth-order valence-electron chi connectivity index (χ4n) is 2.47. The monoisotopic (exact) mass is 364 g/mol. The zero-order chi connectivity index (χ0) is 19.7. The number of aryl methyl sites for hydroxylation is 1. The van der Waals surface area contributed by atoms with E-state index in [-0.39, 0.29) is 11.8 Å². The molecule has 1 aromatic rings. The van der Waals surface area contributed by atoms with Crippen LogP contribution in [0.2, 0.25) is 0 Å². The second-order valence-corrected chi connectivity index (χ2v) is 6.41. The fraction of sp³-hybridized carbons (Fsp3) is 0.579. The molecule has 146 valence electrons. The van der Waals surface area contributed by atoms with E-state index in [1.165, 1.54) is 0 Å². The summed E-state index contributed by atoms with van der Waals surface area (Å²) >= 11 is 0. The molecular formula is C19H32N4O3. The summed E-state index contributed by atoms with van der Waals surface area (Å²) < 4.78 is 10.7. The van der Waals surface area contributed by atoms with E-state index in [0.29, 0.717) is 25.4 Å². The molecular weight excluding hydrogens is 332 g/mol. The van der Waals surface area contributed by atoms with Gasteiger partial charge in [0.05, 0.1) is 14.2 Å². The normalized spacial score (nSPS) is 11.3. The molecule has 26 heavy (non-hydrogen) atoms. The Balaban J connectivity index is 2.67. The number of benzene rings is 1. The van der Waals surface area contributed by atoms with E-state index < -0.39 is 0 Å². The highest BCUT2D eigenvalue weighted by Crippen LogP contribution is 2.30. The van der Waals surface area contributed by atoms with Gasteiger partial charge in [0, 0.05) is 39.6 Å². The number of amides is 1. The van der Waals surface area contributed by atoms with Gasteiger partial charge in [-0.3, -0.25) is 9.79 Å². The van der Waals surface area contributed by atoms with Gasteiger partial charge in [-0.15, -0.1) is 0 Å². The molecule has 1 amide bonds. The second-order valence-electron chi connectivity index (χ2n) is 6.41. The molecule has 1 aromatic carbocycles. The summed E-state index contributed by atoms with van der Waals surface area (Å²) in [5.41, 5.74) is 2.25. The van der Waals surface area contributed by atoms with Crippen LogP contribution >= 0.6 is 0 Å². The van der Waals surface area contributed by atoms with Crippen molar-refractivity contribution in [2.24, 2.45) is 10.9 Å². The highest BCUT2D eigenvalue weighted by atomic mass is 16.5. The summed E-state index contributed by atoms with van der Waals surface area (Å²) in [7, 11) is 6.98. The number of ether oxygens (including phenoxy) is 2. The van der Waals surface area contributed by atoms with Crippen molar-refractivity contribution < 1.29 is 14.3 Å². The lowest BCUT2D eigenvalue weighted by atomic mass is 10.1. The molecule has 0 heterocycles. The molecule has 0 spiro atoms. The first-order chi connectivity index (χ1) is 12.3. The minimum Gasteiger partial charge on any atom is -0.493 e. The van der Waals surface area contributed by atoms with Crippen molar-refractivity contribution in [3.63, 3.8) is 0 Å². The Labute approximate surface area is 156 Å². The van der Waals surface area contributed by atoms with Crippen molar-refractivity contribution in [3.05, 3.63) is 23.3 Å². The first-order valence-corrected chi connectivity index (χ1v) is 8.75. The molecule has 0 fully saturated rings. The first kappa shape index (κ1) is 21.6. The van der Waals surface area contributed by atoms with Crippen molar-refractivity contribution in [1.29, 1.82) is 0 Å². The van der Waals surface area contributed by atoms with Crippen molar-refractivity contribution in [3.8, 4) is 11.5 Å². The zero-order valence-electron chi connectivity index (χ0n) is 17.0. The summed E-state index contributed by atoms with van der Waals surface area (Å²) in [6.07, 6.45) is 0. The third-order valence-electron chi connectivity index (χ3n) is 4.05. The summed E-state index contributed by atoms with van der Waals surface area (Å²) in [5.74, 6) is 2.24. The number of guanidine groups is 1. The summed E-state index contributed by atoms with van der Waals surface area (Å²) in [5, 5.41) is 6.14. The van der Waals surface area contributed by atoms with Crippen LogP contribution in [0.1, 0.15) is 25.0 Å². The molecule has 2 N–H and O–H groups in total. The van der Waals surface area contributed by atoms with E-state index in [1.807, 2.05) is 44.9 Å². The van der Waals surface area contributed by atoms with Crippen molar-refractivity contribution in [1.82, 2.24) is 15.5 Å². The van der Waals surface area contributed by atoms with Crippen LogP contribution < -0.4 is 20.1 Å². The Morgan fingerprint density at radius 1 is 1.15 bits per heavy atom. The molecule has 0 atom stereocenters. The molecule has 0 radical (unpaired) electrons. The molecule has 0 unspecified atom stereocenters. The predicted molar refractivity (Wildman–Crippen MR) is 105 cm³/mol. The van der Waals surface area contributed by atoms with Crippen LogP contribution in [-0.4, -0.2) is 58.2 Å². The van der Waals surface area contributed by atoms with Crippen LogP contribution in [0.15, 0.2) is 17.1 Å². The first-order valence-electron chi connectivity index (χ1n) is 8.75. The largest absolute Gasteiger partial charge is 0.493 e. The van der Waals surface area contributed by atoms with E-state index >= 15 is 0 Å². The smallest absolute Gasteiger partial charge is 0.222 e. The van der Waals surface area contributed by atoms with Crippen molar-refractivity contribution >= 4 is 11.9 Å². The summed E-state index contributed by atoms with van der Waals surface area (Å²) in [4.78, 5) is 17.9. The van der Waals surface area contributed by atoms with Crippen molar-refractivity contribution in [2.45, 2.75) is 27.3 Å². The highest BCUT2D eigenvalue weighted by molar-refractivity contribution is 5.80. The molecule has 0 aromatic heterocycles. The number of nitrogens with zero attached hydrogens (tertiary/aromatic N) is 2. The Kier molecular flexibility index (Phi) is 8.75. The SMILES string of the molecule is CN=C(NCCNC(=O)C(C)C)N(C)Cc1cc(OC)c(OC)cc1C. The molecule has 0 saturated carbocycles. The maximum absolute atomic E-state index is 11.6. The average Bonchev–Trinajstić information content (AvgIpc) is 2.62. The summed E-state index contributed by atoms with van der Waals surface area (Å²) in [6.45, 7) is 7.63. The summed E-state index contributed by atoms with van der Waals surface area (Å²) in [6, 6.07) is 3.96. The lowest BCUT2D eigenvalue weighted by molar-refractivity contribution is -0.123. The molecule has 0 saturated heterocycles. The van der Waals surface area contributed by atoms with Gasteiger partial charge in [-0.2, -0.15) is 0 Å². The maximum Gasteiger partial charge on any atom is 0.222 e. The van der Waals surface area contributed by atoms with Crippen LogP contribution in [0.4, 0.5) is 0 Å². The minimum absolute atomic E-state index is 0.00925. The van der Waals surface area contributed by atoms with Crippen LogP contribution in [0.25, 0.3) is 0 Å². The number of aliphatic imine (C=N–C) groups is 1. The Morgan fingerprint density at radius 3 is 2.27 bits per heavy atom. The maximum atomic E-state index is 11.6. The molecule has 1 rings (SSSR count). The number of hydrogen-bond donors (Lipinski definition) is 2. The quantitative estimate of drug-likeness (QED) is 0.418. The van der Waals surface area contributed by atoms with Crippen LogP contribution in [0, 0.1) is 12.8 Å². The molecule has 0 aliphatic rings. The van der Waals surface area contributed by atoms with Gasteiger partial charge in [-0.05, 0) is 30.2 Å². The lowest BCUT2D eigenvalue weighted by Gasteiger charge is -2.24. The van der Waals surface area contributed by atoms with E-state index in [0.717, 1.165) is 22.8 Å². The van der Waals surface area contributed by atoms with Gasteiger partial charge >= 0.3 is 0 Å². The lowest BCUT2D eigenvalue weighted by Crippen LogP contribution is -2.42. The second kappa shape index (κ2) is 10.5. The Bertz CT molecular complexity index is 629. The van der Waals surface area contributed by atoms with Crippen LogP contribution in [-0.2, 0) is 11.3 Å². The van der Waals surface area contributed by atoms with Crippen LogP contribution in [0.3, 0.4) is 0 Å². The van der Waals surface area contributed by atoms with Gasteiger partial charge in [0.25, 0.3) is 0 Å². The van der Waals surface area contributed by atoms with Gasteiger partial charge in [0.15, 0.2) is 17.5 Å². The zero-order valence-corrected chi connectivity index (χ0v) is 17.0. The highest BCUT2D eigenvalue weighted by Gasteiger charge is 2.13. The van der Waals surface area contributed by atoms with Gasteiger partial charge in [0.1, 0.15) is 0 Å². The predicted octanol–water partition coefficient (Wildman–Crippen LogP) is 1.79. The van der Waals surface area contributed by atoms with E-state index in [2.05, 4.69) is 15.6 Å². The van der Waals surface area contributed by atoms with Crippen molar-refractivity contribution in [2.75, 3.05) is 41.4 Å².